The van der Waals surface area contributed by atoms with Crippen LogP contribution in [0.25, 0.3) is 0 Å². The van der Waals surface area contributed by atoms with Crippen molar-refractivity contribution in [3.8, 4) is 5.75 Å². The summed E-state index contributed by atoms with van der Waals surface area (Å²) in [6.45, 7) is 0. The van der Waals surface area contributed by atoms with Crippen LogP contribution in [0.15, 0.2) is 53.4 Å². The standard InChI is InChI=1S/C21H23NO4S/c1-26-16-11-13-17(14-12-16)27(24,25)22-20(15-7-3-2-4-8-15)18-9-5-6-10-19(18)21(22)23/h5-6,9-15,20H,2-4,7-8H2,1H3/t20-/m0/s1. The van der Waals surface area contributed by atoms with Crippen molar-refractivity contribution in [2.45, 2.75) is 43.0 Å². The zero-order valence-corrected chi connectivity index (χ0v) is 16.1. The predicted octanol–water partition coefficient (Wildman–Crippen LogP) is 4.16. The first-order valence-electron chi connectivity index (χ1n) is 9.36. The molecule has 0 bridgehead atoms. The lowest BCUT2D eigenvalue weighted by molar-refractivity contribution is 0.0808. The third-order valence-electron chi connectivity index (χ3n) is 5.68. The second-order valence-corrected chi connectivity index (χ2v) is 9.03. The Balaban J connectivity index is 1.80. The van der Waals surface area contributed by atoms with Gasteiger partial charge in [-0.2, -0.15) is 0 Å². The molecule has 2 aliphatic rings. The van der Waals surface area contributed by atoms with E-state index in [2.05, 4.69) is 0 Å². The lowest BCUT2D eigenvalue weighted by Crippen LogP contribution is -2.38. The highest BCUT2D eigenvalue weighted by Gasteiger charge is 2.47. The first-order valence-corrected chi connectivity index (χ1v) is 10.8. The van der Waals surface area contributed by atoms with Crippen LogP contribution < -0.4 is 4.74 Å². The van der Waals surface area contributed by atoms with E-state index in [0.29, 0.717) is 11.3 Å². The van der Waals surface area contributed by atoms with Crippen LogP contribution in [0.3, 0.4) is 0 Å². The van der Waals surface area contributed by atoms with Gasteiger partial charge < -0.3 is 4.74 Å². The van der Waals surface area contributed by atoms with Crippen molar-refractivity contribution in [3.05, 3.63) is 59.7 Å². The average Bonchev–Trinajstić information content (AvgIpc) is 3.02. The van der Waals surface area contributed by atoms with Crippen molar-refractivity contribution < 1.29 is 17.9 Å². The van der Waals surface area contributed by atoms with Gasteiger partial charge in [0.15, 0.2) is 0 Å². The van der Waals surface area contributed by atoms with E-state index in [9.17, 15) is 13.2 Å². The van der Waals surface area contributed by atoms with E-state index in [4.69, 9.17) is 4.74 Å². The molecule has 142 valence electrons. The van der Waals surface area contributed by atoms with E-state index in [1.165, 1.54) is 25.7 Å². The van der Waals surface area contributed by atoms with Gasteiger partial charge in [0.1, 0.15) is 5.75 Å². The molecule has 6 heteroatoms. The van der Waals surface area contributed by atoms with E-state index >= 15 is 0 Å². The number of rotatable bonds is 4. The number of nitrogens with zero attached hydrogens (tertiary/aromatic N) is 1. The summed E-state index contributed by atoms with van der Waals surface area (Å²) in [7, 11) is -2.42. The molecular formula is C21H23NO4S. The first-order chi connectivity index (χ1) is 13.0. The Labute approximate surface area is 160 Å². The highest BCUT2D eigenvalue weighted by atomic mass is 32.2. The average molecular weight is 385 g/mol. The first kappa shape index (κ1) is 18.0. The number of benzene rings is 2. The van der Waals surface area contributed by atoms with Gasteiger partial charge in [0.25, 0.3) is 15.9 Å². The van der Waals surface area contributed by atoms with E-state index in [1.807, 2.05) is 12.1 Å². The predicted molar refractivity (Wildman–Crippen MR) is 102 cm³/mol. The fraction of sp³-hybridized carbons (Fsp3) is 0.381. The van der Waals surface area contributed by atoms with Crippen molar-refractivity contribution in [1.29, 1.82) is 0 Å². The van der Waals surface area contributed by atoms with E-state index in [1.54, 1.807) is 24.3 Å². The third-order valence-corrected chi connectivity index (χ3v) is 7.45. The molecule has 0 spiro atoms. The van der Waals surface area contributed by atoms with E-state index in [0.717, 1.165) is 35.6 Å². The Hall–Kier alpha value is -2.34. The second kappa shape index (κ2) is 7.00. The molecule has 1 atom stereocenters. The number of fused-ring (bicyclic) bond motifs is 1. The van der Waals surface area contributed by atoms with Crippen LogP contribution in [0, 0.1) is 5.92 Å². The molecule has 0 aromatic heterocycles. The number of amides is 1. The van der Waals surface area contributed by atoms with Gasteiger partial charge in [-0.05, 0) is 54.7 Å². The number of sulfonamides is 1. The Kier molecular flexibility index (Phi) is 4.68. The molecule has 0 N–H and O–H groups in total. The van der Waals surface area contributed by atoms with Crippen LogP contribution >= 0.6 is 0 Å². The molecule has 1 saturated carbocycles. The summed E-state index contributed by atoms with van der Waals surface area (Å²) in [4.78, 5) is 13.2. The summed E-state index contributed by atoms with van der Waals surface area (Å²) in [6.07, 6.45) is 5.22. The molecule has 2 aromatic rings. The van der Waals surface area contributed by atoms with Crippen LogP contribution in [-0.4, -0.2) is 25.7 Å². The summed E-state index contributed by atoms with van der Waals surface area (Å²) >= 11 is 0. The highest BCUT2D eigenvalue weighted by molar-refractivity contribution is 7.89. The molecular weight excluding hydrogens is 362 g/mol. The maximum atomic E-state index is 13.4. The van der Waals surface area contributed by atoms with Gasteiger partial charge >= 0.3 is 0 Å². The van der Waals surface area contributed by atoms with Gasteiger partial charge in [-0.25, -0.2) is 12.7 Å². The Bertz CT molecular complexity index is 946. The van der Waals surface area contributed by atoms with Crippen molar-refractivity contribution in [2.75, 3.05) is 7.11 Å². The lowest BCUT2D eigenvalue weighted by Gasteiger charge is -2.33. The van der Waals surface area contributed by atoms with Gasteiger partial charge in [-0.1, -0.05) is 37.5 Å². The number of hydrogen-bond acceptors (Lipinski definition) is 4. The summed E-state index contributed by atoms with van der Waals surface area (Å²) in [5.74, 6) is 0.324. The molecule has 1 fully saturated rings. The maximum Gasteiger partial charge on any atom is 0.268 e. The molecule has 1 heterocycles. The molecule has 0 unspecified atom stereocenters. The number of carbonyl (C=O) groups is 1. The Morgan fingerprint density at radius 3 is 2.30 bits per heavy atom. The topological polar surface area (TPSA) is 63.7 Å². The smallest absolute Gasteiger partial charge is 0.268 e. The van der Waals surface area contributed by atoms with Crippen LogP contribution in [0.2, 0.25) is 0 Å². The van der Waals surface area contributed by atoms with Crippen molar-refractivity contribution in [2.24, 2.45) is 5.92 Å². The van der Waals surface area contributed by atoms with Gasteiger partial charge in [0.05, 0.1) is 18.0 Å². The lowest BCUT2D eigenvalue weighted by atomic mass is 9.81. The third kappa shape index (κ3) is 3.02. The fourth-order valence-corrected chi connectivity index (χ4v) is 5.94. The van der Waals surface area contributed by atoms with Gasteiger partial charge in [-0.3, -0.25) is 4.79 Å². The number of ether oxygens (including phenoxy) is 1. The van der Waals surface area contributed by atoms with Crippen LogP contribution in [0.1, 0.15) is 54.1 Å². The quantitative estimate of drug-likeness (QED) is 0.793. The molecule has 5 nitrogen and oxygen atoms in total. The fourth-order valence-electron chi connectivity index (χ4n) is 4.34. The molecule has 2 aromatic carbocycles. The molecule has 0 saturated heterocycles. The highest BCUT2D eigenvalue weighted by Crippen LogP contribution is 2.46. The molecule has 4 rings (SSSR count). The number of hydrogen-bond donors (Lipinski definition) is 0. The minimum Gasteiger partial charge on any atom is -0.497 e. The molecule has 1 aliphatic carbocycles. The summed E-state index contributed by atoms with van der Waals surface area (Å²) in [6, 6.07) is 13.1. The zero-order valence-electron chi connectivity index (χ0n) is 15.3. The van der Waals surface area contributed by atoms with Gasteiger partial charge in [0.2, 0.25) is 0 Å². The van der Waals surface area contributed by atoms with Crippen molar-refractivity contribution in [3.63, 3.8) is 0 Å². The summed E-state index contributed by atoms with van der Waals surface area (Å²) < 4.78 is 33.1. The monoisotopic (exact) mass is 385 g/mol. The molecule has 0 radical (unpaired) electrons. The normalized spacial score (nSPS) is 20.6. The SMILES string of the molecule is COc1ccc(S(=O)(=O)N2C(=O)c3ccccc3[C@@H]2C2CCCCC2)cc1. The molecule has 27 heavy (non-hydrogen) atoms. The molecule has 1 amide bonds. The van der Waals surface area contributed by atoms with Crippen molar-refractivity contribution in [1.82, 2.24) is 4.31 Å². The van der Waals surface area contributed by atoms with Crippen LogP contribution in [-0.2, 0) is 10.0 Å². The summed E-state index contributed by atoms with van der Waals surface area (Å²) in [5.41, 5.74) is 1.34. The van der Waals surface area contributed by atoms with Gasteiger partial charge in [-0.15, -0.1) is 0 Å². The zero-order chi connectivity index (χ0) is 19.0. The summed E-state index contributed by atoms with van der Waals surface area (Å²) in [5, 5.41) is 0. The van der Waals surface area contributed by atoms with Crippen LogP contribution in [0.4, 0.5) is 0 Å². The largest absolute Gasteiger partial charge is 0.497 e. The Morgan fingerprint density at radius 2 is 1.63 bits per heavy atom. The second-order valence-electron chi connectivity index (χ2n) is 7.21. The maximum absolute atomic E-state index is 13.4. The number of methoxy groups -OCH3 is 1. The molecule has 1 aliphatic heterocycles. The van der Waals surface area contributed by atoms with E-state index < -0.39 is 22.0 Å². The van der Waals surface area contributed by atoms with Crippen molar-refractivity contribution >= 4 is 15.9 Å². The van der Waals surface area contributed by atoms with Gasteiger partial charge in [0, 0.05) is 5.56 Å². The van der Waals surface area contributed by atoms with Crippen LogP contribution in [0.5, 0.6) is 5.75 Å². The van der Waals surface area contributed by atoms with E-state index in [-0.39, 0.29) is 10.8 Å². The minimum absolute atomic E-state index is 0.116. The minimum atomic E-state index is -3.95. The Morgan fingerprint density at radius 1 is 0.963 bits per heavy atom. The number of carbonyl (C=O) groups excluding carboxylic acids is 1.